The third-order valence-electron chi connectivity index (χ3n) is 3.81. The quantitative estimate of drug-likeness (QED) is 0.821. The van der Waals surface area contributed by atoms with Crippen molar-refractivity contribution in [2.24, 2.45) is 11.8 Å². The predicted octanol–water partition coefficient (Wildman–Crippen LogP) is 1.64. The number of thiazole rings is 1. The van der Waals surface area contributed by atoms with Crippen LogP contribution < -0.4 is 11.1 Å². The Morgan fingerprint density at radius 2 is 2.38 bits per heavy atom. The number of carbonyl (C=O) groups is 1. The molecule has 0 aromatic carbocycles. The molecular weight excluding hydrogens is 222 g/mol. The van der Waals surface area contributed by atoms with Crippen LogP contribution in [0.1, 0.15) is 36.2 Å². The Hall–Kier alpha value is -1.10. The van der Waals surface area contributed by atoms with Crippen molar-refractivity contribution in [3.05, 3.63) is 11.1 Å². The molecule has 3 rings (SSSR count). The molecule has 3 atom stereocenters. The number of nitrogens with one attached hydrogen (secondary N) is 1. The first kappa shape index (κ1) is 10.1. The lowest BCUT2D eigenvalue weighted by Crippen LogP contribution is -2.38. The van der Waals surface area contributed by atoms with E-state index in [1.165, 1.54) is 30.6 Å². The highest BCUT2D eigenvalue weighted by Crippen LogP contribution is 2.44. The summed E-state index contributed by atoms with van der Waals surface area (Å²) in [4.78, 5) is 15.9. The summed E-state index contributed by atoms with van der Waals surface area (Å²) in [7, 11) is 0. The van der Waals surface area contributed by atoms with Crippen molar-refractivity contribution >= 4 is 22.4 Å². The number of nitrogens with two attached hydrogens (primary N) is 1. The Kier molecular flexibility index (Phi) is 2.35. The first-order valence-corrected chi connectivity index (χ1v) is 6.62. The molecule has 2 fully saturated rings. The second kappa shape index (κ2) is 3.73. The summed E-state index contributed by atoms with van der Waals surface area (Å²) < 4.78 is 0. The average molecular weight is 237 g/mol. The van der Waals surface area contributed by atoms with Gasteiger partial charge in [0.2, 0.25) is 0 Å². The van der Waals surface area contributed by atoms with Crippen LogP contribution >= 0.6 is 11.3 Å². The van der Waals surface area contributed by atoms with Crippen LogP contribution in [0.4, 0.5) is 5.13 Å². The normalized spacial score (nSPS) is 31.9. The molecule has 0 spiro atoms. The van der Waals surface area contributed by atoms with Crippen LogP contribution in [0.25, 0.3) is 0 Å². The highest BCUT2D eigenvalue weighted by Gasteiger charge is 2.40. The molecule has 2 aliphatic rings. The van der Waals surface area contributed by atoms with Crippen molar-refractivity contribution < 1.29 is 4.79 Å². The van der Waals surface area contributed by atoms with Gasteiger partial charge in [-0.05, 0) is 31.1 Å². The summed E-state index contributed by atoms with van der Waals surface area (Å²) in [5.41, 5.74) is 5.98. The molecule has 1 heterocycles. The van der Waals surface area contributed by atoms with Crippen molar-refractivity contribution in [1.82, 2.24) is 10.3 Å². The molecule has 2 saturated carbocycles. The van der Waals surface area contributed by atoms with Crippen molar-refractivity contribution in [3.63, 3.8) is 0 Å². The molecule has 2 bridgehead atoms. The van der Waals surface area contributed by atoms with Gasteiger partial charge in [0.15, 0.2) is 5.13 Å². The Bertz CT molecular complexity index is 417. The van der Waals surface area contributed by atoms with Gasteiger partial charge in [-0.25, -0.2) is 4.98 Å². The van der Waals surface area contributed by atoms with Crippen LogP contribution in [-0.4, -0.2) is 16.9 Å². The zero-order valence-corrected chi connectivity index (χ0v) is 9.80. The number of hydrogen-bond acceptors (Lipinski definition) is 4. The second-order valence-electron chi connectivity index (χ2n) is 4.83. The predicted molar refractivity (Wildman–Crippen MR) is 63.2 cm³/mol. The van der Waals surface area contributed by atoms with E-state index in [0.29, 0.717) is 22.8 Å². The molecule has 2 aliphatic carbocycles. The van der Waals surface area contributed by atoms with E-state index in [0.717, 1.165) is 12.3 Å². The molecule has 0 aliphatic heterocycles. The first-order valence-electron chi connectivity index (χ1n) is 5.74. The molecule has 5 heteroatoms. The van der Waals surface area contributed by atoms with E-state index in [1.54, 1.807) is 5.38 Å². The van der Waals surface area contributed by atoms with Crippen molar-refractivity contribution in [2.45, 2.75) is 31.7 Å². The molecule has 86 valence electrons. The zero-order valence-electron chi connectivity index (χ0n) is 8.98. The Labute approximate surface area is 98.3 Å². The average Bonchev–Trinajstić information content (AvgIpc) is 2.92. The van der Waals surface area contributed by atoms with Crippen molar-refractivity contribution in [3.8, 4) is 0 Å². The van der Waals surface area contributed by atoms with Gasteiger partial charge in [-0.2, -0.15) is 0 Å². The summed E-state index contributed by atoms with van der Waals surface area (Å²) >= 11 is 1.31. The Morgan fingerprint density at radius 1 is 1.50 bits per heavy atom. The molecule has 16 heavy (non-hydrogen) atoms. The van der Waals surface area contributed by atoms with Gasteiger partial charge in [0.25, 0.3) is 5.91 Å². The van der Waals surface area contributed by atoms with Crippen LogP contribution in [-0.2, 0) is 0 Å². The third-order valence-corrected chi connectivity index (χ3v) is 4.48. The van der Waals surface area contributed by atoms with Gasteiger partial charge < -0.3 is 11.1 Å². The number of aromatic nitrogens is 1. The summed E-state index contributed by atoms with van der Waals surface area (Å²) in [5.74, 6) is 1.48. The molecule has 1 aromatic rings. The Morgan fingerprint density at radius 3 is 2.94 bits per heavy atom. The molecule has 4 nitrogen and oxygen atoms in total. The van der Waals surface area contributed by atoms with Gasteiger partial charge in [0.05, 0.1) is 0 Å². The summed E-state index contributed by atoms with van der Waals surface area (Å²) in [5, 5.41) is 5.27. The maximum atomic E-state index is 11.9. The molecule has 1 amide bonds. The van der Waals surface area contributed by atoms with E-state index in [1.807, 2.05) is 0 Å². The van der Waals surface area contributed by atoms with Gasteiger partial charge in [-0.3, -0.25) is 4.79 Å². The highest BCUT2D eigenvalue weighted by atomic mass is 32.1. The van der Waals surface area contributed by atoms with E-state index in [2.05, 4.69) is 10.3 Å². The largest absolute Gasteiger partial charge is 0.375 e. The molecule has 1 aromatic heterocycles. The second-order valence-corrected chi connectivity index (χ2v) is 5.72. The van der Waals surface area contributed by atoms with Crippen LogP contribution in [0, 0.1) is 11.8 Å². The summed E-state index contributed by atoms with van der Waals surface area (Å²) in [6.07, 6.45) is 5.07. The van der Waals surface area contributed by atoms with E-state index < -0.39 is 0 Å². The number of amides is 1. The van der Waals surface area contributed by atoms with Crippen LogP contribution in [0.3, 0.4) is 0 Å². The van der Waals surface area contributed by atoms with E-state index in [9.17, 15) is 4.79 Å². The third kappa shape index (κ3) is 1.69. The van der Waals surface area contributed by atoms with Gasteiger partial charge in [0, 0.05) is 11.4 Å². The van der Waals surface area contributed by atoms with Crippen LogP contribution in [0.2, 0.25) is 0 Å². The molecular formula is C11H15N3OS. The fourth-order valence-corrected chi connectivity index (χ4v) is 3.60. The minimum absolute atomic E-state index is 0.0644. The van der Waals surface area contributed by atoms with E-state index >= 15 is 0 Å². The van der Waals surface area contributed by atoms with Gasteiger partial charge in [-0.1, -0.05) is 6.42 Å². The van der Waals surface area contributed by atoms with E-state index in [-0.39, 0.29) is 5.91 Å². The standard InChI is InChI=1S/C11H15N3OS/c12-11-14-9(5-16-11)10(15)13-8-4-6-1-2-7(8)3-6/h5-8H,1-4H2,(H2,12,14)(H,13,15). The maximum Gasteiger partial charge on any atom is 0.271 e. The lowest BCUT2D eigenvalue weighted by atomic mass is 9.95. The summed E-state index contributed by atoms with van der Waals surface area (Å²) in [6, 6.07) is 0.370. The van der Waals surface area contributed by atoms with Gasteiger partial charge >= 0.3 is 0 Å². The molecule has 3 unspecified atom stereocenters. The minimum Gasteiger partial charge on any atom is -0.375 e. The number of fused-ring (bicyclic) bond motifs is 2. The topological polar surface area (TPSA) is 68.0 Å². The number of nitrogens with zero attached hydrogens (tertiary/aromatic N) is 1. The number of nitrogen functional groups attached to an aromatic ring is 1. The number of anilines is 1. The molecule has 0 radical (unpaired) electrons. The SMILES string of the molecule is Nc1nc(C(=O)NC2CC3CCC2C3)cs1. The number of hydrogen-bond donors (Lipinski definition) is 2. The zero-order chi connectivity index (χ0) is 11.1. The lowest BCUT2D eigenvalue weighted by Gasteiger charge is -2.22. The highest BCUT2D eigenvalue weighted by molar-refractivity contribution is 7.13. The fraction of sp³-hybridized carbons (Fsp3) is 0.636. The van der Waals surface area contributed by atoms with Crippen molar-refractivity contribution in [2.75, 3.05) is 5.73 Å². The number of carbonyl (C=O) groups excluding carboxylic acids is 1. The first-order chi connectivity index (χ1) is 7.72. The Balaban J connectivity index is 1.65. The van der Waals surface area contributed by atoms with Gasteiger partial charge in [-0.15, -0.1) is 11.3 Å². The summed E-state index contributed by atoms with van der Waals surface area (Å²) in [6.45, 7) is 0. The minimum atomic E-state index is -0.0644. The lowest BCUT2D eigenvalue weighted by molar-refractivity contribution is 0.0918. The number of rotatable bonds is 2. The van der Waals surface area contributed by atoms with Crippen LogP contribution in [0.15, 0.2) is 5.38 Å². The van der Waals surface area contributed by atoms with Crippen LogP contribution in [0.5, 0.6) is 0 Å². The maximum absolute atomic E-state index is 11.9. The molecule has 3 N–H and O–H groups in total. The fourth-order valence-electron chi connectivity index (χ4n) is 3.06. The van der Waals surface area contributed by atoms with Gasteiger partial charge in [0.1, 0.15) is 5.69 Å². The molecule has 0 saturated heterocycles. The van der Waals surface area contributed by atoms with E-state index in [4.69, 9.17) is 5.73 Å². The smallest absolute Gasteiger partial charge is 0.271 e. The van der Waals surface area contributed by atoms with Crippen molar-refractivity contribution in [1.29, 1.82) is 0 Å². The monoisotopic (exact) mass is 237 g/mol.